The summed E-state index contributed by atoms with van der Waals surface area (Å²) in [6.45, 7) is 0.839. The number of carbonyl (C=O) groups excluding carboxylic acids is 4. The van der Waals surface area contributed by atoms with Crippen molar-refractivity contribution in [2.75, 3.05) is 18.0 Å². The van der Waals surface area contributed by atoms with Crippen molar-refractivity contribution in [1.29, 1.82) is 0 Å². The molecule has 4 rings (SSSR count). The van der Waals surface area contributed by atoms with Gasteiger partial charge in [-0.3, -0.25) is 34.2 Å². The fourth-order valence-electron chi connectivity index (χ4n) is 4.42. The Morgan fingerprint density at radius 2 is 1.83 bits per heavy atom. The van der Waals surface area contributed by atoms with Crippen LogP contribution in [0.4, 0.5) is 10.1 Å². The lowest BCUT2D eigenvalue weighted by Gasteiger charge is -2.34. The zero-order chi connectivity index (χ0) is 21.6. The molecule has 3 aliphatic heterocycles. The van der Waals surface area contributed by atoms with Crippen molar-refractivity contribution >= 4 is 35.3 Å². The van der Waals surface area contributed by atoms with Crippen LogP contribution in [0.1, 0.15) is 52.8 Å². The number of nitrogens with zero attached hydrogens (tertiary/aromatic N) is 2. The summed E-state index contributed by atoms with van der Waals surface area (Å²) in [5.41, 5.74) is 0.0154. The molecule has 1 aromatic rings. The van der Waals surface area contributed by atoms with Crippen molar-refractivity contribution in [3.05, 3.63) is 29.1 Å². The van der Waals surface area contributed by atoms with Gasteiger partial charge in [0.05, 0.1) is 16.8 Å². The highest BCUT2D eigenvalue weighted by Gasteiger charge is 2.45. The number of piperidine rings is 2. The number of halogens is 1. The maximum Gasteiger partial charge on any atom is 0.303 e. The van der Waals surface area contributed by atoms with E-state index in [1.165, 1.54) is 6.07 Å². The molecule has 1 aromatic carbocycles. The highest BCUT2D eigenvalue weighted by Crippen LogP contribution is 2.34. The van der Waals surface area contributed by atoms with Gasteiger partial charge in [-0.15, -0.1) is 0 Å². The minimum Gasteiger partial charge on any atom is -0.481 e. The first-order valence-electron chi connectivity index (χ1n) is 9.78. The molecule has 2 unspecified atom stereocenters. The smallest absolute Gasteiger partial charge is 0.303 e. The average molecular weight is 417 g/mol. The Morgan fingerprint density at radius 3 is 2.50 bits per heavy atom. The number of amides is 4. The van der Waals surface area contributed by atoms with E-state index < -0.39 is 41.5 Å². The third kappa shape index (κ3) is 3.42. The third-order valence-electron chi connectivity index (χ3n) is 5.83. The van der Waals surface area contributed by atoms with E-state index in [2.05, 4.69) is 5.32 Å². The minimum atomic E-state index is -1.11. The van der Waals surface area contributed by atoms with Crippen molar-refractivity contribution in [3.63, 3.8) is 0 Å². The van der Waals surface area contributed by atoms with Crippen LogP contribution in [0.2, 0.25) is 0 Å². The van der Waals surface area contributed by atoms with Gasteiger partial charge in [-0.05, 0) is 37.3 Å². The summed E-state index contributed by atoms with van der Waals surface area (Å²) in [5.74, 6) is -4.41. The van der Waals surface area contributed by atoms with Crippen LogP contribution in [-0.4, -0.2) is 58.7 Å². The summed E-state index contributed by atoms with van der Waals surface area (Å²) in [7, 11) is 0. The summed E-state index contributed by atoms with van der Waals surface area (Å²) in [4.78, 5) is 62.6. The van der Waals surface area contributed by atoms with Crippen molar-refractivity contribution in [3.8, 4) is 0 Å². The molecule has 0 radical (unpaired) electrons. The van der Waals surface area contributed by atoms with Crippen LogP contribution in [0.15, 0.2) is 12.1 Å². The van der Waals surface area contributed by atoms with E-state index in [0.29, 0.717) is 19.5 Å². The summed E-state index contributed by atoms with van der Waals surface area (Å²) in [6.07, 6.45) is 1.40. The first-order valence-corrected chi connectivity index (χ1v) is 9.78. The molecule has 4 amide bonds. The van der Waals surface area contributed by atoms with Crippen LogP contribution >= 0.6 is 0 Å². The number of imide groups is 2. The van der Waals surface area contributed by atoms with Gasteiger partial charge in [-0.2, -0.15) is 0 Å². The number of hydrogen-bond donors (Lipinski definition) is 2. The number of carboxylic acids is 1. The Hall–Kier alpha value is -3.30. The Balaban J connectivity index is 1.62. The van der Waals surface area contributed by atoms with Gasteiger partial charge in [-0.1, -0.05) is 0 Å². The molecule has 9 nitrogen and oxygen atoms in total. The second-order valence-corrected chi connectivity index (χ2v) is 7.85. The van der Waals surface area contributed by atoms with Crippen LogP contribution in [-0.2, 0) is 14.4 Å². The molecular formula is C20H20FN3O6. The Kier molecular flexibility index (Phi) is 5.00. The standard InChI is InChI=1S/C20H20FN3O6/c21-13-7-11-12(8-15(13)23-5-1-2-10(9-23)6-17(26)27)20(30)24(19(11)29)14-3-4-16(25)22-18(14)28/h7-8,10,14H,1-6,9H2,(H,26,27)(H,22,25,28). The van der Waals surface area contributed by atoms with E-state index in [0.717, 1.165) is 17.4 Å². The van der Waals surface area contributed by atoms with Crippen LogP contribution in [0.3, 0.4) is 0 Å². The van der Waals surface area contributed by atoms with E-state index in [4.69, 9.17) is 5.11 Å². The Morgan fingerprint density at radius 1 is 1.13 bits per heavy atom. The molecule has 2 saturated heterocycles. The van der Waals surface area contributed by atoms with Gasteiger partial charge in [0.25, 0.3) is 11.8 Å². The topological polar surface area (TPSA) is 124 Å². The molecule has 0 saturated carbocycles. The van der Waals surface area contributed by atoms with Gasteiger partial charge < -0.3 is 10.0 Å². The lowest BCUT2D eigenvalue weighted by Crippen LogP contribution is -2.54. The second-order valence-electron chi connectivity index (χ2n) is 7.85. The molecule has 0 aliphatic carbocycles. The fourth-order valence-corrected chi connectivity index (χ4v) is 4.42. The van der Waals surface area contributed by atoms with Crippen LogP contribution < -0.4 is 10.2 Å². The van der Waals surface area contributed by atoms with E-state index in [1.807, 2.05) is 0 Å². The van der Waals surface area contributed by atoms with Crippen LogP contribution in [0, 0.1) is 11.7 Å². The first kappa shape index (κ1) is 20.0. The van der Waals surface area contributed by atoms with Crippen LogP contribution in [0.25, 0.3) is 0 Å². The van der Waals surface area contributed by atoms with Gasteiger partial charge in [0.2, 0.25) is 11.8 Å². The number of carboxylic acid groups (broad SMARTS) is 1. The normalized spacial score (nSPS) is 24.2. The molecule has 158 valence electrons. The number of anilines is 1. The molecule has 0 bridgehead atoms. The number of carbonyl (C=O) groups is 5. The first-order chi connectivity index (χ1) is 14.3. The highest BCUT2D eigenvalue weighted by molar-refractivity contribution is 6.23. The largest absolute Gasteiger partial charge is 0.481 e. The molecule has 2 N–H and O–H groups in total. The van der Waals surface area contributed by atoms with E-state index in [-0.39, 0.29) is 42.0 Å². The number of rotatable bonds is 4. The maximum atomic E-state index is 14.9. The van der Waals surface area contributed by atoms with E-state index in [9.17, 15) is 28.4 Å². The van der Waals surface area contributed by atoms with Gasteiger partial charge in [0, 0.05) is 25.9 Å². The predicted octanol–water partition coefficient (Wildman–Crippen LogP) is 0.918. The summed E-state index contributed by atoms with van der Waals surface area (Å²) in [6, 6.07) is 1.19. The average Bonchev–Trinajstić information content (AvgIpc) is 2.91. The van der Waals surface area contributed by atoms with Gasteiger partial charge >= 0.3 is 5.97 Å². The second kappa shape index (κ2) is 7.51. The van der Waals surface area contributed by atoms with E-state index in [1.54, 1.807) is 4.90 Å². The monoisotopic (exact) mass is 417 g/mol. The van der Waals surface area contributed by atoms with Gasteiger partial charge in [0.1, 0.15) is 11.9 Å². The predicted molar refractivity (Wildman–Crippen MR) is 100 cm³/mol. The number of aliphatic carboxylic acids is 1. The van der Waals surface area contributed by atoms with Crippen molar-refractivity contribution in [1.82, 2.24) is 10.2 Å². The number of fused-ring (bicyclic) bond motifs is 1. The minimum absolute atomic E-state index is 0.00135. The molecular weight excluding hydrogens is 397 g/mol. The molecule has 3 aliphatic rings. The summed E-state index contributed by atoms with van der Waals surface area (Å²) < 4.78 is 14.9. The van der Waals surface area contributed by atoms with Crippen molar-refractivity contribution in [2.24, 2.45) is 5.92 Å². The number of hydrogen-bond acceptors (Lipinski definition) is 6. The third-order valence-corrected chi connectivity index (χ3v) is 5.83. The molecule has 3 heterocycles. The lowest BCUT2D eigenvalue weighted by molar-refractivity contribution is -0.138. The number of benzene rings is 1. The Labute approximate surface area is 170 Å². The molecule has 10 heteroatoms. The van der Waals surface area contributed by atoms with Crippen molar-refractivity contribution < 1.29 is 33.5 Å². The molecule has 0 spiro atoms. The zero-order valence-electron chi connectivity index (χ0n) is 16.0. The maximum absolute atomic E-state index is 14.9. The summed E-state index contributed by atoms with van der Waals surface area (Å²) in [5, 5.41) is 11.1. The fraction of sp³-hybridized carbons (Fsp3) is 0.450. The highest BCUT2D eigenvalue weighted by atomic mass is 19.1. The zero-order valence-corrected chi connectivity index (χ0v) is 16.0. The van der Waals surface area contributed by atoms with Crippen LogP contribution in [0.5, 0.6) is 0 Å². The lowest BCUT2D eigenvalue weighted by atomic mass is 9.94. The van der Waals surface area contributed by atoms with Gasteiger partial charge in [0.15, 0.2) is 0 Å². The van der Waals surface area contributed by atoms with Crippen molar-refractivity contribution in [2.45, 2.75) is 38.1 Å². The quantitative estimate of drug-likeness (QED) is 0.698. The van der Waals surface area contributed by atoms with Gasteiger partial charge in [-0.25, -0.2) is 4.39 Å². The number of nitrogens with one attached hydrogen (secondary N) is 1. The van der Waals surface area contributed by atoms with E-state index >= 15 is 0 Å². The molecule has 0 aromatic heterocycles. The Bertz CT molecular complexity index is 978. The summed E-state index contributed by atoms with van der Waals surface area (Å²) >= 11 is 0. The molecule has 2 atom stereocenters. The molecule has 30 heavy (non-hydrogen) atoms. The molecule has 2 fully saturated rings. The SMILES string of the molecule is O=C(O)CC1CCCN(c2cc3c(cc2F)C(=O)N(C2CCC(=O)NC2=O)C3=O)C1.